The molecule has 0 aliphatic rings. The van der Waals surface area contributed by atoms with Gasteiger partial charge in [-0.2, -0.15) is 4.98 Å². The number of nitrogens with zero attached hydrogens (tertiary/aromatic N) is 3. The van der Waals surface area contributed by atoms with Crippen LogP contribution < -0.4 is 5.32 Å². The third-order valence-corrected chi connectivity index (χ3v) is 3.98. The van der Waals surface area contributed by atoms with Crippen LogP contribution in [0.4, 0.5) is 0 Å². The predicted molar refractivity (Wildman–Crippen MR) is 89.8 cm³/mol. The van der Waals surface area contributed by atoms with Crippen LogP contribution in [0.25, 0.3) is 11.0 Å². The predicted octanol–water partition coefficient (Wildman–Crippen LogP) is 0.443. The molecular weight excluding hydrogens is 348 g/mol. The molecule has 2 heterocycles. The molecule has 136 valence electrons. The third-order valence-electron chi connectivity index (χ3n) is 3.12. The highest BCUT2D eigenvalue weighted by Crippen LogP contribution is 2.17. The Hall–Kier alpha value is -2.49. The van der Waals surface area contributed by atoms with Crippen molar-refractivity contribution in [2.45, 2.75) is 31.5 Å². The number of carbonyl (C=O) groups excluding carboxylic acids is 2. The van der Waals surface area contributed by atoms with Crippen molar-refractivity contribution in [2.24, 2.45) is 7.05 Å². The number of rotatable bonds is 4. The summed E-state index contributed by atoms with van der Waals surface area (Å²) in [5.41, 5.74) is -0.115. The van der Waals surface area contributed by atoms with E-state index in [2.05, 4.69) is 15.3 Å². The van der Waals surface area contributed by atoms with Gasteiger partial charge < -0.3 is 14.6 Å². The second kappa shape index (κ2) is 6.43. The van der Waals surface area contributed by atoms with Crippen LogP contribution in [-0.2, 0) is 26.4 Å². The highest BCUT2D eigenvalue weighted by atomic mass is 32.2. The van der Waals surface area contributed by atoms with Crippen LogP contribution in [0.5, 0.6) is 0 Å². The molecule has 2 aromatic rings. The number of amides is 1. The Labute approximate surface area is 145 Å². The van der Waals surface area contributed by atoms with E-state index in [0.717, 1.165) is 6.26 Å². The Kier molecular flexibility index (Phi) is 4.85. The summed E-state index contributed by atoms with van der Waals surface area (Å²) >= 11 is 0. The monoisotopic (exact) mass is 368 g/mol. The van der Waals surface area contributed by atoms with Gasteiger partial charge in [-0.1, -0.05) is 0 Å². The molecule has 0 aliphatic carbocycles. The molecule has 0 bridgehead atoms. The zero-order chi connectivity index (χ0) is 19.0. The lowest BCUT2D eigenvalue weighted by atomic mass is 10.2. The molecule has 0 fully saturated rings. The van der Waals surface area contributed by atoms with E-state index in [-0.39, 0.29) is 17.4 Å². The van der Waals surface area contributed by atoms with Crippen LogP contribution in [0.3, 0.4) is 0 Å². The fourth-order valence-electron chi connectivity index (χ4n) is 2.11. The van der Waals surface area contributed by atoms with Gasteiger partial charge in [-0.25, -0.2) is 13.4 Å². The first kappa shape index (κ1) is 18.8. The lowest BCUT2D eigenvalue weighted by molar-refractivity contribution is -0.153. The second-order valence-corrected chi connectivity index (χ2v) is 8.47. The number of sulfone groups is 1. The van der Waals surface area contributed by atoms with E-state index >= 15 is 0 Å². The highest BCUT2D eigenvalue weighted by Gasteiger charge is 2.20. The van der Waals surface area contributed by atoms with Gasteiger partial charge in [0.15, 0.2) is 0 Å². The minimum atomic E-state index is -3.56. The summed E-state index contributed by atoms with van der Waals surface area (Å²) in [7, 11) is -1.99. The molecule has 0 aromatic carbocycles. The summed E-state index contributed by atoms with van der Waals surface area (Å²) < 4.78 is 29.7. The van der Waals surface area contributed by atoms with Gasteiger partial charge in [0.2, 0.25) is 15.0 Å². The third kappa shape index (κ3) is 4.53. The van der Waals surface area contributed by atoms with E-state index in [1.54, 1.807) is 27.8 Å². The van der Waals surface area contributed by atoms with Gasteiger partial charge in [0, 0.05) is 24.9 Å². The van der Waals surface area contributed by atoms with Crippen molar-refractivity contribution in [3.63, 3.8) is 0 Å². The van der Waals surface area contributed by atoms with Crippen LogP contribution in [-0.4, -0.2) is 53.2 Å². The van der Waals surface area contributed by atoms with Crippen molar-refractivity contribution < 1.29 is 22.7 Å². The SMILES string of the molecule is Cn1c(C(=O)NCC(=O)OC(C)(C)C)cc2cnc(S(C)(=O)=O)nc21. The molecule has 0 aliphatic heterocycles. The molecule has 0 saturated heterocycles. The molecule has 0 radical (unpaired) electrons. The number of nitrogens with one attached hydrogen (secondary N) is 1. The Balaban J connectivity index is 2.22. The molecule has 1 N–H and O–H groups in total. The van der Waals surface area contributed by atoms with Crippen molar-refractivity contribution in [2.75, 3.05) is 12.8 Å². The lowest BCUT2D eigenvalue weighted by Gasteiger charge is -2.19. The van der Waals surface area contributed by atoms with Gasteiger partial charge in [0.05, 0.1) is 0 Å². The molecule has 10 heteroatoms. The number of esters is 1. The van der Waals surface area contributed by atoms with E-state index in [4.69, 9.17) is 4.74 Å². The van der Waals surface area contributed by atoms with Crippen LogP contribution in [0.15, 0.2) is 17.4 Å². The quantitative estimate of drug-likeness (QED) is 0.614. The number of aromatic nitrogens is 3. The number of aryl methyl sites for hydroxylation is 1. The van der Waals surface area contributed by atoms with Crippen LogP contribution in [0.2, 0.25) is 0 Å². The number of hydrogen-bond acceptors (Lipinski definition) is 7. The Morgan fingerprint density at radius 2 is 1.96 bits per heavy atom. The van der Waals surface area contributed by atoms with E-state index in [1.165, 1.54) is 16.8 Å². The first-order valence-corrected chi connectivity index (χ1v) is 9.30. The van der Waals surface area contributed by atoms with E-state index in [0.29, 0.717) is 11.0 Å². The number of hydrogen-bond donors (Lipinski definition) is 1. The Bertz CT molecular complexity index is 941. The van der Waals surface area contributed by atoms with E-state index in [9.17, 15) is 18.0 Å². The summed E-state index contributed by atoms with van der Waals surface area (Å²) in [6.45, 7) is 4.91. The van der Waals surface area contributed by atoms with Gasteiger partial charge in [-0.3, -0.25) is 9.59 Å². The van der Waals surface area contributed by atoms with Gasteiger partial charge in [0.25, 0.3) is 5.91 Å². The first-order valence-electron chi connectivity index (χ1n) is 7.41. The van der Waals surface area contributed by atoms with E-state index < -0.39 is 27.3 Å². The maximum absolute atomic E-state index is 12.3. The van der Waals surface area contributed by atoms with Crippen molar-refractivity contribution >= 4 is 32.7 Å². The average molecular weight is 368 g/mol. The Morgan fingerprint density at radius 3 is 2.52 bits per heavy atom. The van der Waals surface area contributed by atoms with Crippen LogP contribution in [0, 0.1) is 0 Å². The minimum absolute atomic E-state index is 0.221. The number of fused-ring (bicyclic) bond motifs is 1. The molecule has 0 saturated carbocycles. The molecule has 9 nitrogen and oxygen atoms in total. The smallest absolute Gasteiger partial charge is 0.325 e. The number of carbonyl (C=O) groups is 2. The molecule has 2 rings (SSSR count). The summed E-state index contributed by atoms with van der Waals surface area (Å²) in [6, 6.07) is 1.52. The zero-order valence-electron chi connectivity index (χ0n) is 14.7. The van der Waals surface area contributed by atoms with Crippen molar-refractivity contribution in [3.05, 3.63) is 18.0 Å². The molecule has 2 aromatic heterocycles. The standard InChI is InChI=1S/C15H20N4O5S/c1-15(2,3)24-11(20)8-16-13(21)10-6-9-7-17-14(25(5,22)23)18-12(9)19(10)4/h6-7H,8H2,1-5H3,(H,16,21). The molecule has 1 amide bonds. The molecule has 0 atom stereocenters. The van der Waals surface area contributed by atoms with Gasteiger partial charge in [-0.05, 0) is 26.8 Å². The number of ether oxygens (including phenoxy) is 1. The van der Waals surface area contributed by atoms with Crippen molar-refractivity contribution in [1.82, 2.24) is 19.9 Å². The summed E-state index contributed by atoms with van der Waals surface area (Å²) in [5, 5.41) is 2.66. The Morgan fingerprint density at radius 1 is 1.32 bits per heavy atom. The fraction of sp³-hybridized carbons (Fsp3) is 0.467. The maximum Gasteiger partial charge on any atom is 0.325 e. The molecule has 0 unspecified atom stereocenters. The first-order chi connectivity index (χ1) is 11.4. The van der Waals surface area contributed by atoms with Gasteiger partial charge >= 0.3 is 5.97 Å². The summed E-state index contributed by atoms with van der Waals surface area (Å²) in [6.07, 6.45) is 2.34. The van der Waals surface area contributed by atoms with Gasteiger partial charge in [-0.15, -0.1) is 0 Å². The molecular formula is C15H20N4O5S. The zero-order valence-corrected chi connectivity index (χ0v) is 15.5. The van der Waals surface area contributed by atoms with Gasteiger partial charge in [0.1, 0.15) is 23.5 Å². The molecule has 25 heavy (non-hydrogen) atoms. The average Bonchev–Trinajstić information content (AvgIpc) is 2.79. The van der Waals surface area contributed by atoms with Crippen molar-refractivity contribution in [3.8, 4) is 0 Å². The topological polar surface area (TPSA) is 120 Å². The second-order valence-electron chi connectivity index (χ2n) is 6.56. The minimum Gasteiger partial charge on any atom is -0.459 e. The van der Waals surface area contributed by atoms with Crippen LogP contribution in [0.1, 0.15) is 31.3 Å². The fourth-order valence-corrected chi connectivity index (χ4v) is 2.61. The van der Waals surface area contributed by atoms with Crippen molar-refractivity contribution in [1.29, 1.82) is 0 Å². The normalized spacial score (nSPS) is 12.2. The summed E-state index contributed by atoms with van der Waals surface area (Å²) in [5.74, 6) is -1.06. The lowest BCUT2D eigenvalue weighted by Crippen LogP contribution is -2.35. The highest BCUT2D eigenvalue weighted by molar-refractivity contribution is 7.90. The van der Waals surface area contributed by atoms with Crippen LogP contribution >= 0.6 is 0 Å². The largest absolute Gasteiger partial charge is 0.459 e. The summed E-state index contributed by atoms with van der Waals surface area (Å²) in [4.78, 5) is 31.7. The van der Waals surface area contributed by atoms with E-state index in [1.807, 2.05) is 0 Å². The molecule has 0 spiro atoms. The maximum atomic E-state index is 12.3.